The van der Waals surface area contributed by atoms with Gasteiger partial charge in [-0.1, -0.05) is 24.6 Å². The van der Waals surface area contributed by atoms with E-state index in [0.29, 0.717) is 23.4 Å². The van der Waals surface area contributed by atoms with E-state index in [-0.39, 0.29) is 5.69 Å². The van der Waals surface area contributed by atoms with Gasteiger partial charge in [-0.3, -0.25) is 9.20 Å². The summed E-state index contributed by atoms with van der Waals surface area (Å²) < 4.78 is 40.5. The maximum Gasteiger partial charge on any atom is 0.417 e. The molecule has 0 saturated heterocycles. The second-order valence-corrected chi connectivity index (χ2v) is 6.63. The minimum Gasteiger partial charge on any atom is -0.320 e. The van der Waals surface area contributed by atoms with Crippen molar-refractivity contribution in [2.24, 2.45) is 0 Å². The molecule has 0 aliphatic carbocycles. The average molecular weight is 375 g/mol. The maximum atomic E-state index is 13.1. The van der Waals surface area contributed by atoms with E-state index in [1.165, 1.54) is 10.5 Å². The minimum absolute atomic E-state index is 0.123. The number of aromatic nitrogens is 2. The fraction of sp³-hybridized carbons (Fsp3) is 0.300. The van der Waals surface area contributed by atoms with Gasteiger partial charge < -0.3 is 5.32 Å². The summed E-state index contributed by atoms with van der Waals surface area (Å²) in [7, 11) is 0. The zero-order valence-corrected chi connectivity index (χ0v) is 15.5. The Morgan fingerprint density at radius 1 is 1.15 bits per heavy atom. The molecule has 0 spiro atoms. The Hall–Kier alpha value is -2.83. The summed E-state index contributed by atoms with van der Waals surface area (Å²) in [6, 6.07) is 6.14. The van der Waals surface area contributed by atoms with Crippen molar-refractivity contribution in [1.29, 1.82) is 0 Å². The number of pyridine rings is 1. The van der Waals surface area contributed by atoms with E-state index < -0.39 is 17.6 Å². The Labute approximate surface area is 155 Å². The third kappa shape index (κ3) is 3.54. The third-order valence-electron chi connectivity index (χ3n) is 4.48. The van der Waals surface area contributed by atoms with Crippen molar-refractivity contribution in [3.8, 4) is 0 Å². The minimum atomic E-state index is -4.50. The number of aryl methyl sites for hydroxylation is 4. The van der Waals surface area contributed by atoms with E-state index in [2.05, 4.69) is 10.3 Å². The molecule has 0 fully saturated rings. The number of imidazole rings is 1. The van der Waals surface area contributed by atoms with Crippen LogP contribution in [0.2, 0.25) is 0 Å². The topological polar surface area (TPSA) is 46.4 Å². The Balaban J connectivity index is 2.11. The number of nitrogens with one attached hydrogen (secondary N) is 1. The number of alkyl halides is 3. The molecule has 1 amide bonds. The van der Waals surface area contributed by atoms with Crippen molar-refractivity contribution in [2.45, 2.75) is 40.3 Å². The summed E-state index contributed by atoms with van der Waals surface area (Å²) in [6.45, 7) is 7.54. The lowest BCUT2D eigenvalue weighted by Crippen LogP contribution is -2.18. The number of carbonyl (C=O) groups is 1. The van der Waals surface area contributed by atoms with Crippen LogP contribution in [0.25, 0.3) is 5.65 Å². The van der Waals surface area contributed by atoms with Crippen LogP contribution in [0.15, 0.2) is 30.5 Å². The van der Waals surface area contributed by atoms with Crippen molar-refractivity contribution in [3.63, 3.8) is 0 Å². The molecule has 142 valence electrons. The van der Waals surface area contributed by atoms with Crippen molar-refractivity contribution in [1.82, 2.24) is 9.38 Å². The van der Waals surface area contributed by atoms with Crippen molar-refractivity contribution in [2.75, 3.05) is 5.32 Å². The van der Waals surface area contributed by atoms with Gasteiger partial charge in [0.15, 0.2) is 0 Å². The van der Waals surface area contributed by atoms with Crippen LogP contribution in [0, 0.1) is 20.8 Å². The molecule has 3 rings (SSSR count). The first-order valence-electron chi connectivity index (χ1n) is 8.59. The molecule has 0 aliphatic heterocycles. The molecule has 2 aromatic heterocycles. The first kappa shape index (κ1) is 18.9. The van der Waals surface area contributed by atoms with Gasteiger partial charge >= 0.3 is 6.18 Å². The van der Waals surface area contributed by atoms with Gasteiger partial charge in [0.2, 0.25) is 0 Å². The molecule has 0 unspecified atom stereocenters. The van der Waals surface area contributed by atoms with Crippen LogP contribution in [-0.2, 0) is 12.6 Å². The number of hydrogen-bond acceptors (Lipinski definition) is 2. The molecule has 4 nitrogen and oxygen atoms in total. The number of hydrogen-bond donors (Lipinski definition) is 1. The first-order valence-corrected chi connectivity index (χ1v) is 8.59. The normalized spacial score (nSPS) is 11.8. The molecule has 7 heteroatoms. The summed E-state index contributed by atoms with van der Waals surface area (Å²) in [5, 5.41) is 2.85. The summed E-state index contributed by atoms with van der Waals surface area (Å²) in [5.41, 5.74) is 3.57. The van der Waals surface area contributed by atoms with E-state index in [0.717, 1.165) is 29.0 Å². The number of carbonyl (C=O) groups excluding carboxylic acids is 1. The zero-order valence-electron chi connectivity index (χ0n) is 15.5. The average Bonchev–Trinajstić information content (AvgIpc) is 2.94. The molecule has 0 radical (unpaired) electrons. The smallest absolute Gasteiger partial charge is 0.320 e. The molecule has 1 N–H and O–H groups in total. The van der Waals surface area contributed by atoms with Crippen LogP contribution < -0.4 is 5.32 Å². The van der Waals surface area contributed by atoms with E-state index >= 15 is 0 Å². The van der Waals surface area contributed by atoms with Gasteiger partial charge in [0.05, 0.1) is 11.3 Å². The summed E-state index contributed by atoms with van der Waals surface area (Å²) in [4.78, 5) is 17.3. The van der Waals surface area contributed by atoms with Crippen molar-refractivity contribution < 1.29 is 18.0 Å². The van der Waals surface area contributed by atoms with Crippen LogP contribution >= 0.6 is 0 Å². The predicted octanol–water partition coefficient (Wildman–Crippen LogP) is 5.09. The van der Waals surface area contributed by atoms with Crippen molar-refractivity contribution in [3.05, 3.63) is 64.1 Å². The fourth-order valence-corrected chi connectivity index (χ4v) is 3.30. The Morgan fingerprint density at radius 2 is 1.78 bits per heavy atom. The molecule has 27 heavy (non-hydrogen) atoms. The van der Waals surface area contributed by atoms with Crippen LogP contribution in [-0.4, -0.2) is 15.3 Å². The number of amides is 1. The van der Waals surface area contributed by atoms with E-state index in [4.69, 9.17) is 0 Å². The SMILES string of the molecule is CCc1nc2ccc(C(F)(F)F)cn2c1C(=O)Nc1c(C)cc(C)cc1C. The van der Waals surface area contributed by atoms with Gasteiger partial charge in [0.25, 0.3) is 5.91 Å². The van der Waals surface area contributed by atoms with Gasteiger partial charge in [-0.15, -0.1) is 0 Å². The largest absolute Gasteiger partial charge is 0.417 e. The van der Waals surface area contributed by atoms with Crippen LogP contribution in [0.3, 0.4) is 0 Å². The lowest BCUT2D eigenvalue weighted by molar-refractivity contribution is -0.137. The highest BCUT2D eigenvalue weighted by atomic mass is 19.4. The molecule has 3 aromatic rings. The summed E-state index contributed by atoms with van der Waals surface area (Å²) in [6.07, 6.45) is -3.15. The quantitative estimate of drug-likeness (QED) is 0.693. The van der Waals surface area contributed by atoms with Crippen molar-refractivity contribution >= 4 is 17.2 Å². The lowest BCUT2D eigenvalue weighted by Gasteiger charge is -2.14. The molecule has 0 atom stereocenters. The zero-order chi connectivity index (χ0) is 19.9. The first-order chi connectivity index (χ1) is 12.6. The van der Waals surface area contributed by atoms with Crippen LogP contribution in [0.4, 0.5) is 18.9 Å². The van der Waals surface area contributed by atoms with Gasteiger partial charge in [-0.25, -0.2) is 4.98 Å². The van der Waals surface area contributed by atoms with E-state index in [9.17, 15) is 18.0 Å². The molecule has 2 heterocycles. The second kappa shape index (κ2) is 6.72. The van der Waals surface area contributed by atoms with E-state index in [1.54, 1.807) is 0 Å². The lowest BCUT2D eigenvalue weighted by atomic mass is 10.0. The standard InChI is InChI=1S/C20H20F3N3O/c1-5-15-18(19(27)25-17-12(3)8-11(2)9-13(17)4)26-10-14(20(21,22)23)6-7-16(26)24-15/h6-10H,5H2,1-4H3,(H,25,27). The van der Waals surface area contributed by atoms with Gasteiger partial charge in [0.1, 0.15) is 11.3 Å². The number of halogens is 3. The number of rotatable bonds is 3. The van der Waals surface area contributed by atoms with Gasteiger partial charge in [-0.2, -0.15) is 13.2 Å². The summed E-state index contributed by atoms with van der Waals surface area (Å²) in [5.74, 6) is -0.478. The molecule has 1 aromatic carbocycles. The molecule has 0 saturated carbocycles. The monoisotopic (exact) mass is 375 g/mol. The molecule has 0 aliphatic rings. The second-order valence-electron chi connectivity index (χ2n) is 6.63. The number of benzene rings is 1. The summed E-state index contributed by atoms with van der Waals surface area (Å²) >= 11 is 0. The van der Waals surface area contributed by atoms with Gasteiger partial charge in [-0.05, 0) is 50.5 Å². The Kier molecular flexibility index (Phi) is 4.71. The Bertz CT molecular complexity index is 1010. The van der Waals surface area contributed by atoms with Crippen LogP contribution in [0.1, 0.15) is 45.4 Å². The fourth-order valence-electron chi connectivity index (χ4n) is 3.30. The Morgan fingerprint density at radius 3 is 2.33 bits per heavy atom. The third-order valence-corrected chi connectivity index (χ3v) is 4.48. The highest BCUT2D eigenvalue weighted by Gasteiger charge is 2.32. The highest BCUT2D eigenvalue weighted by Crippen LogP contribution is 2.30. The number of anilines is 1. The molecular formula is C20H20F3N3O. The number of nitrogens with zero attached hydrogens (tertiary/aromatic N) is 2. The highest BCUT2D eigenvalue weighted by molar-refractivity contribution is 6.05. The van der Waals surface area contributed by atoms with Gasteiger partial charge in [0, 0.05) is 11.9 Å². The van der Waals surface area contributed by atoms with Crippen LogP contribution in [0.5, 0.6) is 0 Å². The molecular weight excluding hydrogens is 355 g/mol. The number of fused-ring (bicyclic) bond motifs is 1. The predicted molar refractivity (Wildman–Crippen MR) is 98.2 cm³/mol. The maximum absolute atomic E-state index is 13.1. The van der Waals surface area contributed by atoms with E-state index in [1.807, 2.05) is 39.8 Å². The molecule has 0 bridgehead atoms.